The van der Waals surface area contributed by atoms with Crippen LogP contribution in [0.1, 0.15) is 44.5 Å². The molecule has 0 spiro atoms. The minimum absolute atomic E-state index is 0.0609. The highest BCUT2D eigenvalue weighted by molar-refractivity contribution is 6.31. The summed E-state index contributed by atoms with van der Waals surface area (Å²) < 4.78 is 31.5. The second-order valence-corrected chi connectivity index (χ2v) is 10.5. The number of hydrogen-bond donors (Lipinski definition) is 1. The molecule has 210 valence electrons. The Balaban J connectivity index is 1.46. The molecule has 5 heterocycles. The third-order valence-electron chi connectivity index (χ3n) is 7.48. The molecule has 6 rings (SSSR count). The number of benzene rings is 1. The van der Waals surface area contributed by atoms with Gasteiger partial charge in [-0.25, -0.2) is 9.67 Å². The second kappa shape index (κ2) is 10.5. The molecule has 5 aromatic rings. The van der Waals surface area contributed by atoms with Crippen LogP contribution < -0.4 is 10.9 Å². The van der Waals surface area contributed by atoms with E-state index >= 15 is 0 Å². The van der Waals surface area contributed by atoms with Crippen LogP contribution >= 0.6 is 11.6 Å². The van der Waals surface area contributed by atoms with E-state index in [1.807, 2.05) is 0 Å². The molecule has 0 saturated heterocycles. The fourth-order valence-corrected chi connectivity index (χ4v) is 5.53. The van der Waals surface area contributed by atoms with Crippen molar-refractivity contribution in [3.05, 3.63) is 76.3 Å². The summed E-state index contributed by atoms with van der Waals surface area (Å²) in [6.07, 6.45) is 7.48. The van der Waals surface area contributed by atoms with E-state index in [0.717, 1.165) is 10.9 Å². The third-order valence-corrected chi connectivity index (χ3v) is 7.69. The van der Waals surface area contributed by atoms with Crippen LogP contribution in [0.2, 0.25) is 5.02 Å². The van der Waals surface area contributed by atoms with Crippen molar-refractivity contribution in [3.8, 4) is 22.5 Å². The van der Waals surface area contributed by atoms with Gasteiger partial charge < -0.3 is 5.32 Å². The van der Waals surface area contributed by atoms with E-state index < -0.39 is 18.5 Å². The van der Waals surface area contributed by atoms with Crippen LogP contribution in [-0.2, 0) is 11.8 Å². The van der Waals surface area contributed by atoms with Gasteiger partial charge in [0, 0.05) is 46.8 Å². The Morgan fingerprint density at radius 1 is 1.07 bits per heavy atom. The van der Waals surface area contributed by atoms with E-state index in [4.69, 9.17) is 11.6 Å². The molecule has 2 unspecified atom stereocenters. The maximum atomic E-state index is 13.9. The number of halogens is 3. The number of pyridine rings is 1. The predicted octanol–water partition coefficient (Wildman–Crippen LogP) is 5.45. The molecule has 41 heavy (non-hydrogen) atoms. The first kappa shape index (κ1) is 26.8. The van der Waals surface area contributed by atoms with Gasteiger partial charge >= 0.3 is 6.55 Å². The first-order valence-electron chi connectivity index (χ1n) is 13.0. The quantitative estimate of drug-likeness (QED) is 0.304. The molecular formula is C28H25ClF2N8O2. The van der Waals surface area contributed by atoms with Crippen molar-refractivity contribution in [1.82, 2.24) is 34.1 Å². The van der Waals surface area contributed by atoms with Gasteiger partial charge in [-0.3, -0.25) is 23.8 Å². The lowest BCUT2D eigenvalue weighted by atomic mass is 9.97. The Labute approximate surface area is 237 Å². The fraction of sp³-hybridized carbons (Fsp3) is 0.286. The summed E-state index contributed by atoms with van der Waals surface area (Å²) in [4.78, 5) is 35.6. The van der Waals surface area contributed by atoms with Gasteiger partial charge in [0.05, 0.1) is 53.0 Å². The van der Waals surface area contributed by atoms with E-state index in [1.165, 1.54) is 29.4 Å². The number of amides is 1. The lowest BCUT2D eigenvalue weighted by Gasteiger charge is -2.22. The monoisotopic (exact) mass is 578 g/mol. The van der Waals surface area contributed by atoms with Gasteiger partial charge in [0.2, 0.25) is 5.91 Å². The van der Waals surface area contributed by atoms with Crippen molar-refractivity contribution >= 4 is 34.1 Å². The van der Waals surface area contributed by atoms with Crippen LogP contribution in [0.3, 0.4) is 0 Å². The molecule has 2 atom stereocenters. The number of rotatable bonds is 3. The van der Waals surface area contributed by atoms with Crippen LogP contribution in [-0.4, -0.2) is 40.0 Å². The summed E-state index contributed by atoms with van der Waals surface area (Å²) in [5, 5.41) is 12.2. The zero-order chi connectivity index (χ0) is 28.8. The fourth-order valence-electron chi connectivity index (χ4n) is 5.32. The molecule has 1 aliphatic rings. The smallest absolute Gasteiger partial charge is 0.323 e. The molecule has 13 heteroatoms. The molecule has 2 bridgehead atoms. The van der Waals surface area contributed by atoms with E-state index in [0.29, 0.717) is 51.5 Å². The van der Waals surface area contributed by atoms with E-state index in [-0.39, 0.29) is 22.8 Å². The molecule has 0 radical (unpaired) electrons. The number of anilines is 1. The van der Waals surface area contributed by atoms with E-state index in [9.17, 15) is 18.4 Å². The number of fused-ring (bicyclic) bond motifs is 5. The number of aromatic nitrogens is 7. The molecule has 0 saturated carbocycles. The topological polar surface area (TPSA) is 113 Å². The Morgan fingerprint density at radius 2 is 1.90 bits per heavy atom. The predicted molar refractivity (Wildman–Crippen MR) is 150 cm³/mol. The average Bonchev–Trinajstić information content (AvgIpc) is 3.54. The zero-order valence-corrected chi connectivity index (χ0v) is 22.9. The number of hydrogen-bond acceptors (Lipinski definition) is 6. The summed E-state index contributed by atoms with van der Waals surface area (Å²) in [6.45, 7) is -1.15. The Morgan fingerprint density at radius 3 is 2.68 bits per heavy atom. The third kappa shape index (κ3) is 4.88. The molecular weight excluding hydrogens is 554 g/mol. The van der Waals surface area contributed by atoms with Gasteiger partial charge in [-0.1, -0.05) is 24.9 Å². The zero-order valence-electron chi connectivity index (χ0n) is 22.1. The van der Waals surface area contributed by atoms with Gasteiger partial charge in [0.15, 0.2) is 0 Å². The first-order valence-corrected chi connectivity index (χ1v) is 13.4. The van der Waals surface area contributed by atoms with Gasteiger partial charge in [0.25, 0.3) is 5.56 Å². The standard InChI is InChI=1S/C28H25ClF2N8O2/c1-15-4-3-5-23(21-8-16(6-7-32-21)26-22(36-27(15)41)13-35-39(26)28(30)31)38-14-33-20(11-25(38)40)18-9-17(29)10-24-19(18)12-34-37(24)2/h6-15,23,28H,3-5H2,1-2H3,(H,36,41). The van der Waals surface area contributed by atoms with Crippen LogP contribution in [0.4, 0.5) is 14.5 Å². The number of carbonyl (C=O) groups excluding carboxylic acids is 1. The highest BCUT2D eigenvalue weighted by atomic mass is 35.5. The van der Waals surface area contributed by atoms with Crippen molar-refractivity contribution in [2.75, 3.05) is 5.32 Å². The number of alkyl halides is 2. The van der Waals surface area contributed by atoms with Crippen LogP contribution in [0.25, 0.3) is 33.4 Å². The molecule has 1 aliphatic heterocycles. The first-order chi connectivity index (χ1) is 19.7. The number of nitrogens with one attached hydrogen (secondary N) is 1. The molecule has 0 fully saturated rings. The Hall–Kier alpha value is -4.45. The molecule has 10 nitrogen and oxygen atoms in total. The van der Waals surface area contributed by atoms with E-state index in [1.54, 1.807) is 49.1 Å². The Kier molecular flexibility index (Phi) is 6.86. The van der Waals surface area contributed by atoms with Gasteiger partial charge in [0.1, 0.15) is 0 Å². The summed E-state index contributed by atoms with van der Waals surface area (Å²) in [6, 6.07) is 7.65. The minimum atomic E-state index is -2.93. The molecule has 4 aromatic heterocycles. The SMILES string of the molecule is CC1CCCC(n2cnc(-c3cc(Cl)cc4c3cnn4C)cc2=O)c2cc(ccn2)-c2c(cnn2C(F)F)NC1=O. The van der Waals surface area contributed by atoms with Gasteiger partial charge in [-0.15, -0.1) is 0 Å². The van der Waals surface area contributed by atoms with Gasteiger partial charge in [-0.2, -0.15) is 19.0 Å². The average molecular weight is 579 g/mol. The van der Waals surface area contributed by atoms with Crippen LogP contribution in [0.15, 0.2) is 60.0 Å². The van der Waals surface area contributed by atoms with E-state index in [2.05, 4.69) is 25.5 Å². The largest absolute Gasteiger partial charge is 0.333 e. The summed E-state index contributed by atoms with van der Waals surface area (Å²) >= 11 is 6.36. The highest BCUT2D eigenvalue weighted by Crippen LogP contribution is 2.35. The minimum Gasteiger partial charge on any atom is -0.323 e. The molecule has 1 N–H and O–H groups in total. The maximum Gasteiger partial charge on any atom is 0.333 e. The lowest BCUT2D eigenvalue weighted by Crippen LogP contribution is -2.27. The lowest BCUT2D eigenvalue weighted by molar-refractivity contribution is -0.119. The summed E-state index contributed by atoms with van der Waals surface area (Å²) in [5.74, 6) is -0.691. The normalized spacial score (nSPS) is 17.7. The second-order valence-electron chi connectivity index (χ2n) is 10.1. The highest BCUT2D eigenvalue weighted by Gasteiger charge is 2.26. The molecule has 1 amide bonds. The number of carbonyl (C=O) groups is 1. The van der Waals surface area contributed by atoms with Crippen LogP contribution in [0.5, 0.6) is 0 Å². The number of nitrogens with zero attached hydrogens (tertiary/aromatic N) is 7. The van der Waals surface area contributed by atoms with Crippen molar-refractivity contribution in [2.45, 2.75) is 38.8 Å². The summed E-state index contributed by atoms with van der Waals surface area (Å²) in [5.41, 5.74) is 2.74. The summed E-state index contributed by atoms with van der Waals surface area (Å²) in [7, 11) is 1.81. The van der Waals surface area contributed by atoms with Crippen molar-refractivity contribution in [3.63, 3.8) is 0 Å². The van der Waals surface area contributed by atoms with Crippen LogP contribution in [0, 0.1) is 5.92 Å². The van der Waals surface area contributed by atoms with Crippen molar-refractivity contribution in [1.29, 1.82) is 0 Å². The Bertz CT molecular complexity index is 1850. The van der Waals surface area contributed by atoms with Crippen molar-refractivity contribution < 1.29 is 13.6 Å². The molecule has 1 aromatic carbocycles. The number of aryl methyl sites for hydroxylation is 1. The van der Waals surface area contributed by atoms with Crippen molar-refractivity contribution in [2.24, 2.45) is 13.0 Å². The molecule has 0 aliphatic carbocycles. The maximum absolute atomic E-state index is 13.9. The van der Waals surface area contributed by atoms with Gasteiger partial charge in [-0.05, 0) is 37.1 Å².